The highest BCUT2D eigenvalue weighted by Gasteiger charge is 2.28. The first-order valence-electron chi connectivity index (χ1n) is 6.62. The van der Waals surface area contributed by atoms with Crippen LogP contribution in [0.5, 0.6) is 11.6 Å². The number of benzene rings is 1. The topological polar surface area (TPSA) is 61.0 Å². The lowest BCUT2D eigenvalue weighted by molar-refractivity contribution is 0.421. The Balaban J connectivity index is 1.99. The van der Waals surface area contributed by atoms with Crippen LogP contribution in [-0.2, 0) is 0 Å². The maximum absolute atomic E-state index is 13.8. The van der Waals surface area contributed by atoms with Crippen LogP contribution in [0.1, 0.15) is 35.7 Å². The normalized spacial score (nSPS) is 14.3. The molecule has 0 amide bonds. The fourth-order valence-electron chi connectivity index (χ4n) is 1.95. The Hall–Kier alpha value is -2.17. The zero-order chi connectivity index (χ0) is 14.3. The average Bonchev–Trinajstić information content (AvgIpc) is 3.23. The molecule has 5 heteroatoms. The van der Waals surface area contributed by atoms with Crippen molar-refractivity contribution >= 4 is 5.82 Å². The first-order valence-corrected chi connectivity index (χ1v) is 6.62. The Morgan fingerprint density at radius 2 is 2.00 bits per heavy atom. The monoisotopic (exact) mass is 273 g/mol. The van der Waals surface area contributed by atoms with Crippen molar-refractivity contribution in [2.45, 2.75) is 32.6 Å². The van der Waals surface area contributed by atoms with Crippen molar-refractivity contribution in [3.63, 3.8) is 0 Å². The molecule has 104 valence electrons. The predicted octanol–water partition coefficient (Wildman–Crippen LogP) is 3.48. The molecule has 0 atom stereocenters. The van der Waals surface area contributed by atoms with Crippen LogP contribution in [0.15, 0.2) is 18.2 Å². The summed E-state index contributed by atoms with van der Waals surface area (Å²) in [6.45, 7) is 3.65. The van der Waals surface area contributed by atoms with E-state index in [0.29, 0.717) is 29.0 Å². The first kappa shape index (κ1) is 12.8. The summed E-state index contributed by atoms with van der Waals surface area (Å²) in [4.78, 5) is 8.65. The van der Waals surface area contributed by atoms with E-state index in [1.807, 2.05) is 6.92 Å². The number of rotatable bonds is 3. The molecule has 4 nitrogen and oxygen atoms in total. The van der Waals surface area contributed by atoms with Crippen molar-refractivity contribution in [3.8, 4) is 11.6 Å². The number of hydrogen-bond acceptors (Lipinski definition) is 4. The van der Waals surface area contributed by atoms with Crippen molar-refractivity contribution in [1.82, 2.24) is 9.97 Å². The zero-order valence-electron chi connectivity index (χ0n) is 11.5. The van der Waals surface area contributed by atoms with Gasteiger partial charge in [0.2, 0.25) is 5.88 Å². The summed E-state index contributed by atoms with van der Waals surface area (Å²) in [6.07, 6.45) is 2.14. The minimum Gasteiger partial charge on any atom is -0.435 e. The molecule has 0 radical (unpaired) electrons. The highest BCUT2D eigenvalue weighted by atomic mass is 19.1. The summed E-state index contributed by atoms with van der Waals surface area (Å²) >= 11 is 0. The van der Waals surface area contributed by atoms with Gasteiger partial charge in [-0.15, -0.1) is 0 Å². The number of nitrogens with two attached hydrogens (primary N) is 1. The van der Waals surface area contributed by atoms with Crippen molar-refractivity contribution in [1.29, 1.82) is 0 Å². The molecule has 0 bridgehead atoms. The van der Waals surface area contributed by atoms with Crippen LogP contribution in [0, 0.1) is 19.7 Å². The van der Waals surface area contributed by atoms with Gasteiger partial charge in [-0.25, -0.2) is 9.37 Å². The molecule has 1 aliphatic carbocycles. The highest BCUT2D eigenvalue weighted by molar-refractivity contribution is 5.47. The van der Waals surface area contributed by atoms with Gasteiger partial charge >= 0.3 is 0 Å². The fourth-order valence-corrected chi connectivity index (χ4v) is 1.95. The lowest BCUT2D eigenvalue weighted by Crippen LogP contribution is -2.04. The predicted molar refractivity (Wildman–Crippen MR) is 74.4 cm³/mol. The molecule has 20 heavy (non-hydrogen) atoms. The lowest BCUT2D eigenvalue weighted by atomic mass is 10.2. The summed E-state index contributed by atoms with van der Waals surface area (Å²) in [6, 6.07) is 4.72. The van der Waals surface area contributed by atoms with Crippen LogP contribution in [0.2, 0.25) is 0 Å². The smallest absolute Gasteiger partial charge is 0.227 e. The summed E-state index contributed by atoms with van der Waals surface area (Å²) in [7, 11) is 0. The van der Waals surface area contributed by atoms with Crippen molar-refractivity contribution in [2.24, 2.45) is 0 Å². The minimum atomic E-state index is -0.417. The van der Waals surface area contributed by atoms with E-state index in [1.165, 1.54) is 6.07 Å². The van der Waals surface area contributed by atoms with E-state index in [4.69, 9.17) is 10.5 Å². The van der Waals surface area contributed by atoms with Gasteiger partial charge in [0.25, 0.3) is 0 Å². The van der Waals surface area contributed by atoms with E-state index >= 15 is 0 Å². The third-order valence-corrected chi connectivity index (χ3v) is 3.39. The number of nitrogen functional groups attached to an aromatic ring is 1. The molecule has 0 aliphatic heterocycles. The van der Waals surface area contributed by atoms with Crippen molar-refractivity contribution in [3.05, 3.63) is 41.0 Å². The number of nitrogens with zero attached hydrogens (tertiary/aromatic N) is 2. The molecule has 0 saturated heterocycles. The van der Waals surface area contributed by atoms with Crippen molar-refractivity contribution < 1.29 is 9.13 Å². The van der Waals surface area contributed by atoms with Crippen LogP contribution in [0.25, 0.3) is 0 Å². The Bertz CT molecular complexity index is 668. The number of hydrogen-bond donors (Lipinski definition) is 1. The molecule has 1 heterocycles. The van der Waals surface area contributed by atoms with Gasteiger partial charge in [0.1, 0.15) is 11.6 Å². The van der Waals surface area contributed by atoms with E-state index in [9.17, 15) is 4.39 Å². The highest BCUT2D eigenvalue weighted by Crippen LogP contribution is 2.40. The quantitative estimate of drug-likeness (QED) is 0.930. The summed E-state index contributed by atoms with van der Waals surface area (Å²) in [5.41, 5.74) is 7.44. The van der Waals surface area contributed by atoms with Gasteiger partial charge in [0, 0.05) is 5.92 Å². The second-order valence-corrected chi connectivity index (χ2v) is 5.21. The van der Waals surface area contributed by atoms with Crippen LogP contribution in [-0.4, -0.2) is 9.97 Å². The summed E-state index contributed by atoms with van der Waals surface area (Å²) < 4.78 is 19.4. The number of aryl methyl sites for hydroxylation is 1. The third-order valence-electron chi connectivity index (χ3n) is 3.39. The van der Waals surface area contributed by atoms with Crippen LogP contribution in [0.4, 0.5) is 10.2 Å². The largest absolute Gasteiger partial charge is 0.435 e. The summed E-state index contributed by atoms with van der Waals surface area (Å²) in [5, 5.41) is 0. The number of aromatic nitrogens is 2. The van der Waals surface area contributed by atoms with E-state index in [2.05, 4.69) is 9.97 Å². The standard InChI is InChI=1S/C15H16FN3O/c1-8-3-6-11(16)12(7-8)20-15-9(2)13(17)18-14(19-15)10-4-5-10/h3,6-7,10H,4-5H2,1-2H3,(H2,17,18,19). The van der Waals surface area contributed by atoms with Crippen LogP contribution >= 0.6 is 0 Å². The summed E-state index contributed by atoms with van der Waals surface area (Å²) in [5.74, 6) is 1.53. The number of ether oxygens (including phenoxy) is 1. The molecule has 1 fully saturated rings. The maximum Gasteiger partial charge on any atom is 0.227 e. The fraction of sp³-hybridized carbons (Fsp3) is 0.333. The Morgan fingerprint density at radius 1 is 1.25 bits per heavy atom. The van der Waals surface area contributed by atoms with Gasteiger partial charge in [-0.1, -0.05) is 6.07 Å². The molecule has 1 aliphatic rings. The third kappa shape index (κ3) is 2.43. The molecule has 1 aromatic carbocycles. The number of anilines is 1. The second-order valence-electron chi connectivity index (χ2n) is 5.21. The minimum absolute atomic E-state index is 0.160. The van der Waals surface area contributed by atoms with Gasteiger partial charge in [-0.2, -0.15) is 4.98 Å². The van der Waals surface area contributed by atoms with Gasteiger partial charge < -0.3 is 10.5 Å². The molecular weight excluding hydrogens is 257 g/mol. The van der Waals surface area contributed by atoms with E-state index in [1.54, 1.807) is 19.1 Å². The molecule has 2 aromatic rings. The first-order chi connectivity index (χ1) is 9.54. The molecule has 0 spiro atoms. The molecule has 2 N–H and O–H groups in total. The van der Waals surface area contributed by atoms with Gasteiger partial charge in [0.15, 0.2) is 11.6 Å². The Morgan fingerprint density at radius 3 is 2.70 bits per heavy atom. The zero-order valence-corrected chi connectivity index (χ0v) is 11.5. The van der Waals surface area contributed by atoms with Crippen LogP contribution < -0.4 is 10.5 Å². The van der Waals surface area contributed by atoms with Crippen LogP contribution in [0.3, 0.4) is 0 Å². The van der Waals surface area contributed by atoms with Gasteiger partial charge in [0.05, 0.1) is 5.56 Å². The molecule has 0 unspecified atom stereocenters. The lowest BCUT2D eigenvalue weighted by Gasteiger charge is -2.11. The Labute approximate surface area is 116 Å². The van der Waals surface area contributed by atoms with E-state index in [0.717, 1.165) is 18.4 Å². The second kappa shape index (κ2) is 4.74. The Kier molecular flexibility index (Phi) is 3.04. The van der Waals surface area contributed by atoms with Crippen molar-refractivity contribution in [2.75, 3.05) is 5.73 Å². The molecule has 1 aromatic heterocycles. The van der Waals surface area contributed by atoms with Gasteiger partial charge in [-0.05, 0) is 44.4 Å². The van der Waals surface area contributed by atoms with E-state index in [-0.39, 0.29) is 5.75 Å². The maximum atomic E-state index is 13.8. The van der Waals surface area contributed by atoms with Gasteiger partial charge in [-0.3, -0.25) is 0 Å². The average molecular weight is 273 g/mol. The molecular formula is C15H16FN3O. The molecule has 1 saturated carbocycles. The molecule has 3 rings (SSSR count). The SMILES string of the molecule is Cc1ccc(F)c(Oc2nc(C3CC3)nc(N)c2C)c1. The number of halogens is 1. The van der Waals surface area contributed by atoms with E-state index < -0.39 is 5.82 Å².